The van der Waals surface area contributed by atoms with Crippen LogP contribution in [0.1, 0.15) is 39.5 Å². The molecule has 1 aromatic rings. The number of rotatable bonds is 8. The number of carboxylic acid groups (broad SMARTS) is 1. The van der Waals surface area contributed by atoms with E-state index in [-0.39, 0.29) is 0 Å². The first-order chi connectivity index (χ1) is 8.52. The predicted octanol–water partition coefficient (Wildman–Crippen LogP) is 3.74. The van der Waals surface area contributed by atoms with Crippen LogP contribution in [-0.2, 0) is 4.79 Å². The van der Waals surface area contributed by atoms with Crippen molar-refractivity contribution in [1.29, 1.82) is 0 Å². The lowest BCUT2D eigenvalue weighted by atomic mass is 9.87. The second kappa shape index (κ2) is 7.04. The zero-order valence-electron chi connectivity index (χ0n) is 11.2. The summed E-state index contributed by atoms with van der Waals surface area (Å²) in [6.07, 6.45) is 3.61. The molecule has 3 nitrogen and oxygen atoms in total. The molecule has 0 aliphatic rings. The molecule has 0 unspecified atom stereocenters. The van der Waals surface area contributed by atoms with E-state index >= 15 is 0 Å². The Morgan fingerprint density at radius 2 is 1.83 bits per heavy atom. The summed E-state index contributed by atoms with van der Waals surface area (Å²) in [5.74, 6) is 0.173. The van der Waals surface area contributed by atoms with Crippen molar-refractivity contribution in [2.24, 2.45) is 5.41 Å². The number of ether oxygens (including phenoxy) is 1. The van der Waals surface area contributed by atoms with Gasteiger partial charge in [0.05, 0.1) is 12.0 Å². The van der Waals surface area contributed by atoms with Gasteiger partial charge in [-0.3, -0.25) is 4.79 Å². The molecule has 0 bridgehead atoms. The lowest BCUT2D eigenvalue weighted by Gasteiger charge is -2.18. The van der Waals surface area contributed by atoms with Gasteiger partial charge in [0.2, 0.25) is 0 Å². The smallest absolute Gasteiger partial charge is 0.309 e. The number of hydrogen-bond donors (Lipinski definition) is 1. The van der Waals surface area contributed by atoms with Crippen molar-refractivity contribution in [3.63, 3.8) is 0 Å². The molecule has 0 heterocycles. The van der Waals surface area contributed by atoms with Gasteiger partial charge in [0.15, 0.2) is 0 Å². The van der Waals surface area contributed by atoms with Crippen LogP contribution in [0.25, 0.3) is 0 Å². The average Bonchev–Trinajstić information content (AvgIpc) is 2.34. The summed E-state index contributed by atoms with van der Waals surface area (Å²) in [5, 5.41) is 8.97. The maximum Gasteiger partial charge on any atom is 0.309 e. The SMILES string of the molecule is CC(C)(CCCCCOc1ccccc1)C(=O)O. The minimum atomic E-state index is -0.719. The van der Waals surface area contributed by atoms with Crippen molar-refractivity contribution in [2.75, 3.05) is 6.61 Å². The number of benzene rings is 1. The van der Waals surface area contributed by atoms with Gasteiger partial charge < -0.3 is 9.84 Å². The van der Waals surface area contributed by atoms with Gasteiger partial charge in [-0.05, 0) is 38.8 Å². The largest absolute Gasteiger partial charge is 0.494 e. The molecule has 0 amide bonds. The van der Waals surface area contributed by atoms with Crippen molar-refractivity contribution >= 4 is 5.97 Å². The van der Waals surface area contributed by atoms with E-state index in [4.69, 9.17) is 9.84 Å². The lowest BCUT2D eigenvalue weighted by Crippen LogP contribution is -2.23. The maximum absolute atomic E-state index is 10.9. The maximum atomic E-state index is 10.9. The van der Waals surface area contributed by atoms with E-state index in [1.54, 1.807) is 13.8 Å². The van der Waals surface area contributed by atoms with Gasteiger partial charge in [0.1, 0.15) is 5.75 Å². The van der Waals surface area contributed by atoms with E-state index in [9.17, 15) is 4.79 Å². The van der Waals surface area contributed by atoms with Gasteiger partial charge >= 0.3 is 5.97 Å². The average molecular weight is 250 g/mol. The number of aliphatic carboxylic acids is 1. The summed E-state index contributed by atoms with van der Waals surface area (Å²) < 4.78 is 5.57. The van der Waals surface area contributed by atoms with Gasteiger partial charge in [-0.1, -0.05) is 31.0 Å². The third kappa shape index (κ3) is 5.21. The molecule has 0 fully saturated rings. The van der Waals surface area contributed by atoms with Gasteiger partial charge in [-0.2, -0.15) is 0 Å². The summed E-state index contributed by atoms with van der Waals surface area (Å²) in [4.78, 5) is 10.9. The second-order valence-electron chi connectivity index (χ2n) is 5.16. The molecule has 0 aromatic heterocycles. The van der Waals surface area contributed by atoms with Gasteiger partial charge in [0, 0.05) is 0 Å². The van der Waals surface area contributed by atoms with Crippen LogP contribution in [0.5, 0.6) is 5.75 Å². The van der Waals surface area contributed by atoms with Crippen LogP contribution in [-0.4, -0.2) is 17.7 Å². The Morgan fingerprint density at radius 3 is 2.44 bits per heavy atom. The number of hydrogen-bond acceptors (Lipinski definition) is 2. The summed E-state index contributed by atoms with van der Waals surface area (Å²) in [7, 11) is 0. The number of unbranched alkanes of at least 4 members (excludes halogenated alkanes) is 2. The first kappa shape index (κ1) is 14.6. The van der Waals surface area contributed by atoms with Crippen LogP contribution in [0, 0.1) is 5.41 Å². The van der Waals surface area contributed by atoms with Gasteiger partial charge in [-0.15, -0.1) is 0 Å². The van der Waals surface area contributed by atoms with Crippen molar-refractivity contribution in [2.45, 2.75) is 39.5 Å². The number of para-hydroxylation sites is 1. The molecule has 1 aromatic carbocycles. The molecule has 1 N–H and O–H groups in total. The first-order valence-corrected chi connectivity index (χ1v) is 6.43. The van der Waals surface area contributed by atoms with Gasteiger partial charge in [0.25, 0.3) is 0 Å². The van der Waals surface area contributed by atoms with Crippen molar-refractivity contribution in [3.8, 4) is 5.75 Å². The summed E-state index contributed by atoms with van der Waals surface area (Å²) in [6.45, 7) is 4.24. The summed E-state index contributed by atoms with van der Waals surface area (Å²) >= 11 is 0. The molecule has 0 saturated carbocycles. The highest BCUT2D eigenvalue weighted by molar-refractivity contribution is 5.73. The normalized spacial score (nSPS) is 11.2. The second-order valence-corrected chi connectivity index (χ2v) is 5.16. The van der Waals surface area contributed by atoms with Crippen molar-refractivity contribution < 1.29 is 14.6 Å². The molecule has 3 heteroatoms. The first-order valence-electron chi connectivity index (χ1n) is 6.43. The summed E-state index contributed by atoms with van der Waals surface area (Å²) in [5.41, 5.74) is -0.611. The predicted molar refractivity (Wildman–Crippen MR) is 71.8 cm³/mol. The Hall–Kier alpha value is -1.51. The van der Waals surface area contributed by atoms with E-state index in [1.165, 1.54) is 0 Å². The molecule has 0 radical (unpaired) electrons. The minimum absolute atomic E-state index is 0.611. The topological polar surface area (TPSA) is 46.5 Å². The van der Waals surface area contributed by atoms with Crippen molar-refractivity contribution in [1.82, 2.24) is 0 Å². The van der Waals surface area contributed by atoms with Crippen LogP contribution in [0.4, 0.5) is 0 Å². The van der Waals surface area contributed by atoms with E-state index in [1.807, 2.05) is 30.3 Å². The van der Waals surface area contributed by atoms with E-state index < -0.39 is 11.4 Å². The molecule has 100 valence electrons. The zero-order valence-corrected chi connectivity index (χ0v) is 11.2. The molecule has 0 saturated heterocycles. The highest BCUT2D eigenvalue weighted by Crippen LogP contribution is 2.23. The quantitative estimate of drug-likeness (QED) is 0.715. The lowest BCUT2D eigenvalue weighted by molar-refractivity contribution is -0.147. The van der Waals surface area contributed by atoms with Gasteiger partial charge in [-0.25, -0.2) is 0 Å². The Morgan fingerprint density at radius 1 is 1.17 bits per heavy atom. The fourth-order valence-corrected chi connectivity index (χ4v) is 1.66. The van der Waals surface area contributed by atoms with Crippen LogP contribution in [0.15, 0.2) is 30.3 Å². The van der Waals surface area contributed by atoms with Crippen LogP contribution in [0.3, 0.4) is 0 Å². The van der Waals surface area contributed by atoms with Crippen LogP contribution in [0.2, 0.25) is 0 Å². The number of carbonyl (C=O) groups is 1. The molecular formula is C15H22O3. The molecule has 0 atom stereocenters. The van der Waals surface area contributed by atoms with Crippen LogP contribution >= 0.6 is 0 Å². The fourth-order valence-electron chi connectivity index (χ4n) is 1.66. The Bertz CT molecular complexity index is 357. The molecule has 0 aliphatic carbocycles. The third-order valence-electron chi connectivity index (χ3n) is 3.04. The third-order valence-corrected chi connectivity index (χ3v) is 3.04. The van der Waals surface area contributed by atoms with E-state index in [0.29, 0.717) is 13.0 Å². The molecule has 0 aliphatic heterocycles. The zero-order chi connectivity index (χ0) is 13.4. The molecule has 0 spiro atoms. The molecule has 18 heavy (non-hydrogen) atoms. The van der Waals surface area contributed by atoms with Crippen molar-refractivity contribution in [3.05, 3.63) is 30.3 Å². The molecule has 1 rings (SSSR count). The highest BCUT2D eigenvalue weighted by atomic mass is 16.5. The molecular weight excluding hydrogens is 228 g/mol. The summed E-state index contributed by atoms with van der Waals surface area (Å²) in [6, 6.07) is 9.73. The Balaban J connectivity index is 2.08. The highest BCUT2D eigenvalue weighted by Gasteiger charge is 2.25. The Kier molecular flexibility index (Phi) is 5.69. The van der Waals surface area contributed by atoms with E-state index in [0.717, 1.165) is 25.0 Å². The van der Waals surface area contributed by atoms with E-state index in [2.05, 4.69) is 0 Å². The number of carboxylic acids is 1. The fraction of sp³-hybridized carbons (Fsp3) is 0.533. The van der Waals surface area contributed by atoms with Crippen LogP contribution < -0.4 is 4.74 Å². The monoisotopic (exact) mass is 250 g/mol. The standard InChI is InChI=1S/C15H22O3/c1-15(2,14(16)17)11-7-4-8-12-18-13-9-5-3-6-10-13/h3,5-6,9-10H,4,7-8,11-12H2,1-2H3,(H,16,17). The Labute approximate surface area is 109 Å². The minimum Gasteiger partial charge on any atom is -0.494 e.